The maximum atomic E-state index is 12.9. The van der Waals surface area contributed by atoms with Crippen LogP contribution in [0.4, 0.5) is 4.39 Å². The van der Waals surface area contributed by atoms with Gasteiger partial charge in [-0.25, -0.2) is 4.39 Å². The smallest absolute Gasteiger partial charge is 0.223 e. The highest BCUT2D eigenvalue weighted by atomic mass is 19.1. The number of carbonyl (C=O) groups is 1. The van der Waals surface area contributed by atoms with Gasteiger partial charge in [0.25, 0.3) is 0 Å². The van der Waals surface area contributed by atoms with E-state index in [0.717, 1.165) is 37.8 Å². The van der Waals surface area contributed by atoms with Crippen molar-refractivity contribution in [1.29, 1.82) is 0 Å². The van der Waals surface area contributed by atoms with Gasteiger partial charge in [-0.3, -0.25) is 4.79 Å². The molecule has 0 aromatic heterocycles. The van der Waals surface area contributed by atoms with Gasteiger partial charge in [-0.1, -0.05) is 25.5 Å². The first-order valence-electron chi connectivity index (χ1n) is 7.88. The van der Waals surface area contributed by atoms with Crippen LogP contribution in [0.1, 0.15) is 44.6 Å². The van der Waals surface area contributed by atoms with Crippen molar-refractivity contribution in [3.63, 3.8) is 0 Å². The molecule has 1 amide bonds. The highest BCUT2D eigenvalue weighted by molar-refractivity contribution is 5.76. The molecule has 2 N–H and O–H groups in total. The molecule has 1 saturated carbocycles. The lowest BCUT2D eigenvalue weighted by molar-refractivity contribution is -0.133. The zero-order valence-electron chi connectivity index (χ0n) is 12.7. The summed E-state index contributed by atoms with van der Waals surface area (Å²) < 4.78 is 12.9. The van der Waals surface area contributed by atoms with Gasteiger partial charge >= 0.3 is 0 Å². The minimum absolute atomic E-state index is 0.170. The second-order valence-electron chi connectivity index (χ2n) is 6.00. The van der Waals surface area contributed by atoms with Gasteiger partial charge in [0, 0.05) is 25.6 Å². The first-order chi connectivity index (χ1) is 10.1. The van der Waals surface area contributed by atoms with E-state index < -0.39 is 0 Å². The second-order valence-corrected chi connectivity index (χ2v) is 6.00. The fourth-order valence-corrected chi connectivity index (χ4v) is 3.04. The van der Waals surface area contributed by atoms with E-state index in [1.807, 2.05) is 4.90 Å². The molecule has 1 aliphatic rings. The van der Waals surface area contributed by atoms with Crippen molar-refractivity contribution in [2.75, 3.05) is 6.54 Å². The van der Waals surface area contributed by atoms with E-state index in [2.05, 4.69) is 6.92 Å². The summed E-state index contributed by atoms with van der Waals surface area (Å²) in [6, 6.07) is 6.54. The van der Waals surface area contributed by atoms with Gasteiger partial charge < -0.3 is 10.6 Å². The number of halogens is 1. The van der Waals surface area contributed by atoms with Crippen molar-refractivity contribution in [1.82, 2.24) is 4.90 Å². The molecule has 3 nitrogen and oxygen atoms in total. The van der Waals surface area contributed by atoms with E-state index >= 15 is 0 Å². The normalized spacial score (nSPS) is 21.5. The number of nitrogens with two attached hydrogens (primary N) is 1. The van der Waals surface area contributed by atoms with E-state index in [0.29, 0.717) is 18.9 Å². The molecule has 2 rings (SSSR count). The number of amides is 1. The molecule has 0 bridgehead atoms. The van der Waals surface area contributed by atoms with Crippen LogP contribution in [0.3, 0.4) is 0 Å². The molecule has 2 atom stereocenters. The highest BCUT2D eigenvalue weighted by Gasteiger charge is 2.27. The molecule has 1 aromatic rings. The molecule has 1 aliphatic carbocycles. The van der Waals surface area contributed by atoms with Crippen LogP contribution in [-0.4, -0.2) is 23.4 Å². The third-order valence-electron chi connectivity index (χ3n) is 4.29. The summed E-state index contributed by atoms with van der Waals surface area (Å²) in [4.78, 5) is 14.4. The molecule has 4 heteroatoms. The monoisotopic (exact) mass is 292 g/mol. The highest BCUT2D eigenvalue weighted by Crippen LogP contribution is 2.27. The van der Waals surface area contributed by atoms with Crippen molar-refractivity contribution < 1.29 is 9.18 Å². The minimum atomic E-state index is -0.246. The fourth-order valence-electron chi connectivity index (χ4n) is 3.04. The Morgan fingerprint density at radius 1 is 1.33 bits per heavy atom. The molecule has 1 fully saturated rings. The molecule has 21 heavy (non-hydrogen) atoms. The van der Waals surface area contributed by atoms with Crippen LogP contribution in [0.2, 0.25) is 0 Å². The van der Waals surface area contributed by atoms with Gasteiger partial charge in [-0.2, -0.15) is 0 Å². The minimum Gasteiger partial charge on any atom is -0.338 e. The number of hydrogen-bond donors (Lipinski definition) is 1. The third kappa shape index (κ3) is 4.53. The van der Waals surface area contributed by atoms with Crippen LogP contribution in [0.5, 0.6) is 0 Å². The number of rotatable bonds is 6. The van der Waals surface area contributed by atoms with Crippen molar-refractivity contribution in [2.24, 2.45) is 11.7 Å². The summed E-state index contributed by atoms with van der Waals surface area (Å²) in [7, 11) is 0. The number of carbonyl (C=O) groups excluding carboxylic acids is 1. The average molecular weight is 292 g/mol. The first kappa shape index (κ1) is 16.0. The Morgan fingerprint density at radius 2 is 2.05 bits per heavy atom. The zero-order chi connectivity index (χ0) is 15.2. The lowest BCUT2D eigenvalue weighted by Crippen LogP contribution is -2.35. The van der Waals surface area contributed by atoms with Crippen LogP contribution in [0.25, 0.3) is 0 Å². The summed E-state index contributed by atoms with van der Waals surface area (Å²) >= 11 is 0. The summed E-state index contributed by atoms with van der Waals surface area (Å²) in [5.41, 5.74) is 7.02. The summed E-state index contributed by atoms with van der Waals surface area (Å²) in [6.07, 6.45) is 4.68. The Labute approximate surface area is 126 Å². The van der Waals surface area contributed by atoms with Crippen LogP contribution in [0.15, 0.2) is 24.3 Å². The van der Waals surface area contributed by atoms with Crippen molar-refractivity contribution >= 4 is 5.91 Å². The summed E-state index contributed by atoms with van der Waals surface area (Å²) in [5, 5.41) is 0. The largest absolute Gasteiger partial charge is 0.338 e. The van der Waals surface area contributed by atoms with E-state index in [1.165, 1.54) is 12.1 Å². The second kappa shape index (κ2) is 7.55. The molecule has 1 aromatic carbocycles. The number of nitrogens with zero attached hydrogens (tertiary/aromatic N) is 1. The van der Waals surface area contributed by atoms with Gasteiger partial charge in [0.2, 0.25) is 5.91 Å². The van der Waals surface area contributed by atoms with Gasteiger partial charge in [0.1, 0.15) is 5.82 Å². The first-order valence-corrected chi connectivity index (χ1v) is 7.88. The number of hydrogen-bond acceptors (Lipinski definition) is 2. The quantitative estimate of drug-likeness (QED) is 0.876. The van der Waals surface area contributed by atoms with E-state index in [4.69, 9.17) is 5.73 Å². The van der Waals surface area contributed by atoms with Crippen molar-refractivity contribution in [3.05, 3.63) is 35.6 Å². The fraction of sp³-hybridized carbons (Fsp3) is 0.588. The van der Waals surface area contributed by atoms with Crippen LogP contribution in [0, 0.1) is 11.7 Å². The Bertz CT molecular complexity index is 460. The maximum Gasteiger partial charge on any atom is 0.223 e. The van der Waals surface area contributed by atoms with E-state index in [-0.39, 0.29) is 17.8 Å². The van der Waals surface area contributed by atoms with Crippen LogP contribution in [-0.2, 0) is 11.3 Å². The molecule has 0 aliphatic heterocycles. The summed E-state index contributed by atoms with van der Waals surface area (Å²) in [5.74, 6) is 0.248. The molecule has 0 radical (unpaired) electrons. The van der Waals surface area contributed by atoms with E-state index in [1.54, 1.807) is 12.1 Å². The predicted octanol–water partition coefficient (Wildman–Crippen LogP) is 3.08. The molecule has 0 unspecified atom stereocenters. The van der Waals surface area contributed by atoms with Crippen molar-refractivity contribution in [3.8, 4) is 0 Å². The Kier molecular flexibility index (Phi) is 5.74. The standard InChI is InChI=1S/C17H25FN2O/c1-2-10-20(12-13-6-8-15(18)9-7-13)17(21)11-14-4-3-5-16(14)19/h6-9,14,16H,2-5,10-12,19H2,1H3/t14-,16+/m0/s1. The molecular weight excluding hydrogens is 267 g/mol. The van der Waals surface area contributed by atoms with Gasteiger partial charge in [0.05, 0.1) is 0 Å². The van der Waals surface area contributed by atoms with Gasteiger partial charge in [-0.05, 0) is 42.9 Å². The van der Waals surface area contributed by atoms with E-state index in [9.17, 15) is 9.18 Å². The predicted molar refractivity (Wildman–Crippen MR) is 82.0 cm³/mol. The van der Waals surface area contributed by atoms with Crippen LogP contribution < -0.4 is 5.73 Å². The zero-order valence-corrected chi connectivity index (χ0v) is 12.7. The van der Waals surface area contributed by atoms with Gasteiger partial charge in [-0.15, -0.1) is 0 Å². The molecule has 116 valence electrons. The molecule has 0 saturated heterocycles. The third-order valence-corrected chi connectivity index (χ3v) is 4.29. The Balaban J connectivity index is 1.96. The van der Waals surface area contributed by atoms with Gasteiger partial charge in [0.15, 0.2) is 0 Å². The summed E-state index contributed by atoms with van der Waals surface area (Å²) in [6.45, 7) is 3.35. The average Bonchev–Trinajstić information content (AvgIpc) is 2.86. The molecule has 0 heterocycles. The Hall–Kier alpha value is -1.42. The van der Waals surface area contributed by atoms with Crippen molar-refractivity contribution in [2.45, 2.75) is 51.6 Å². The molecule has 0 spiro atoms. The molecular formula is C17H25FN2O. The van der Waals surface area contributed by atoms with Crippen LogP contribution >= 0.6 is 0 Å². The SMILES string of the molecule is CCCN(Cc1ccc(F)cc1)C(=O)C[C@@H]1CCC[C@H]1N. The lowest BCUT2D eigenvalue weighted by atomic mass is 9.99. The lowest BCUT2D eigenvalue weighted by Gasteiger charge is -2.25. The topological polar surface area (TPSA) is 46.3 Å². The Morgan fingerprint density at radius 3 is 2.62 bits per heavy atom. The number of benzene rings is 1. The maximum absolute atomic E-state index is 12.9.